The Hall–Kier alpha value is -0.830. The Morgan fingerprint density at radius 2 is 2.29 bits per heavy atom. The smallest absolute Gasteiger partial charge is 0.306 e. The fourth-order valence-corrected chi connectivity index (χ4v) is 2.96. The van der Waals surface area contributed by atoms with Gasteiger partial charge in [0.15, 0.2) is 0 Å². The van der Waals surface area contributed by atoms with Crippen molar-refractivity contribution in [3.05, 3.63) is 33.8 Å². The summed E-state index contributed by atoms with van der Waals surface area (Å²) in [5.74, 6) is -0.303. The maximum Gasteiger partial charge on any atom is 0.306 e. The van der Waals surface area contributed by atoms with Crippen LogP contribution in [0, 0.1) is 11.8 Å². The van der Waals surface area contributed by atoms with Crippen molar-refractivity contribution < 1.29 is 9.90 Å². The predicted molar refractivity (Wildman–Crippen MR) is 71.1 cm³/mol. The number of carbonyl (C=O) groups is 1. The maximum absolute atomic E-state index is 10.7. The molecule has 2 unspecified atom stereocenters. The molecule has 2 atom stereocenters. The van der Waals surface area contributed by atoms with E-state index in [0.717, 1.165) is 25.7 Å². The summed E-state index contributed by atoms with van der Waals surface area (Å²) in [5, 5.41) is 8.83. The Balaban J connectivity index is 1.88. The van der Waals surface area contributed by atoms with Crippen LogP contribution in [0.3, 0.4) is 0 Å². The van der Waals surface area contributed by atoms with E-state index in [1.54, 1.807) is 0 Å². The lowest BCUT2D eigenvalue weighted by atomic mass is 10.0. The number of hydrogen-bond donors (Lipinski definition) is 1. The molecule has 1 aromatic rings. The molecule has 1 aliphatic rings. The zero-order valence-electron chi connectivity index (χ0n) is 9.95. The number of carboxylic acid groups (broad SMARTS) is 1. The number of aliphatic carboxylic acids is 1. The lowest BCUT2D eigenvalue weighted by molar-refractivity contribution is -0.138. The van der Waals surface area contributed by atoms with Gasteiger partial charge < -0.3 is 5.11 Å². The second-order valence-electron chi connectivity index (χ2n) is 4.76. The van der Waals surface area contributed by atoms with Crippen LogP contribution < -0.4 is 0 Å². The van der Waals surface area contributed by atoms with Crippen molar-refractivity contribution in [2.24, 2.45) is 11.8 Å². The van der Waals surface area contributed by atoms with Crippen molar-refractivity contribution in [1.29, 1.82) is 0 Å². The number of hydrogen-bond acceptors (Lipinski definition) is 1. The van der Waals surface area contributed by atoms with Gasteiger partial charge in [-0.3, -0.25) is 4.79 Å². The monoisotopic (exact) mass is 296 g/mol. The molecule has 1 N–H and O–H groups in total. The molecule has 1 aromatic carbocycles. The molecule has 3 heteroatoms. The summed E-state index contributed by atoms with van der Waals surface area (Å²) in [7, 11) is 0. The Morgan fingerprint density at radius 1 is 1.53 bits per heavy atom. The lowest BCUT2D eigenvalue weighted by Gasteiger charge is -2.05. The van der Waals surface area contributed by atoms with Gasteiger partial charge >= 0.3 is 5.97 Å². The van der Waals surface area contributed by atoms with Crippen LogP contribution in [0.5, 0.6) is 0 Å². The highest BCUT2D eigenvalue weighted by atomic mass is 79.9. The first-order valence-corrected chi connectivity index (χ1v) is 6.91. The first kappa shape index (κ1) is 12.6. The van der Waals surface area contributed by atoms with Gasteiger partial charge in [0.25, 0.3) is 0 Å². The van der Waals surface area contributed by atoms with Crippen LogP contribution in [-0.4, -0.2) is 11.1 Å². The van der Waals surface area contributed by atoms with Gasteiger partial charge in [0.2, 0.25) is 0 Å². The minimum Gasteiger partial charge on any atom is -0.481 e. The summed E-state index contributed by atoms with van der Waals surface area (Å²) in [6.07, 6.45) is 3.88. The zero-order chi connectivity index (χ0) is 12.4. The highest BCUT2D eigenvalue weighted by Gasteiger charge is 2.42. The maximum atomic E-state index is 10.7. The molecule has 1 aliphatic carbocycles. The number of carboxylic acids is 1. The van der Waals surface area contributed by atoms with Crippen LogP contribution >= 0.6 is 15.9 Å². The molecule has 92 valence electrons. The molecule has 1 fully saturated rings. The standard InChI is InChI=1S/C14H17BrO2/c1-2-10-5-3-9(7-13(10)15)4-6-11-8-12(11)14(16)17/h3,5,7,11-12H,2,4,6,8H2,1H3,(H,16,17). The van der Waals surface area contributed by atoms with Crippen molar-refractivity contribution in [1.82, 2.24) is 0 Å². The molecular weight excluding hydrogens is 280 g/mol. The third-order valence-electron chi connectivity index (χ3n) is 3.54. The van der Waals surface area contributed by atoms with Crippen LogP contribution in [0.2, 0.25) is 0 Å². The first-order chi connectivity index (χ1) is 8.11. The van der Waals surface area contributed by atoms with Crippen LogP contribution in [0.15, 0.2) is 22.7 Å². The molecule has 0 heterocycles. The summed E-state index contributed by atoms with van der Waals surface area (Å²) in [4.78, 5) is 10.7. The zero-order valence-corrected chi connectivity index (χ0v) is 11.5. The van der Waals surface area contributed by atoms with E-state index in [4.69, 9.17) is 5.11 Å². The van der Waals surface area contributed by atoms with Gasteiger partial charge in [0.05, 0.1) is 5.92 Å². The van der Waals surface area contributed by atoms with E-state index < -0.39 is 5.97 Å². The quantitative estimate of drug-likeness (QED) is 0.900. The molecule has 0 aliphatic heterocycles. The summed E-state index contributed by atoms with van der Waals surface area (Å²) >= 11 is 3.57. The molecule has 2 nitrogen and oxygen atoms in total. The predicted octanol–water partition coefficient (Wildman–Crippen LogP) is 3.66. The van der Waals surface area contributed by atoms with Crippen molar-refractivity contribution in [2.75, 3.05) is 0 Å². The van der Waals surface area contributed by atoms with E-state index >= 15 is 0 Å². The molecule has 0 bridgehead atoms. The van der Waals surface area contributed by atoms with E-state index in [1.807, 2.05) is 0 Å². The fraction of sp³-hybridized carbons (Fsp3) is 0.500. The Labute approximate surface area is 110 Å². The average molecular weight is 297 g/mol. The number of benzene rings is 1. The number of aryl methyl sites for hydroxylation is 2. The highest BCUT2D eigenvalue weighted by molar-refractivity contribution is 9.10. The molecule has 0 aromatic heterocycles. The van der Waals surface area contributed by atoms with Gasteiger partial charge in [-0.2, -0.15) is 0 Å². The topological polar surface area (TPSA) is 37.3 Å². The second-order valence-corrected chi connectivity index (χ2v) is 5.61. The molecule has 2 rings (SSSR count). The molecule has 0 amide bonds. The van der Waals surface area contributed by atoms with E-state index in [-0.39, 0.29) is 5.92 Å². The summed E-state index contributed by atoms with van der Waals surface area (Å²) < 4.78 is 1.17. The molecule has 17 heavy (non-hydrogen) atoms. The average Bonchev–Trinajstić information content (AvgIpc) is 3.06. The largest absolute Gasteiger partial charge is 0.481 e. The summed E-state index contributed by atoms with van der Waals surface area (Å²) in [5.41, 5.74) is 2.62. The van der Waals surface area contributed by atoms with Crippen molar-refractivity contribution in [2.45, 2.75) is 32.6 Å². The first-order valence-electron chi connectivity index (χ1n) is 6.12. The Bertz CT molecular complexity index is 428. The summed E-state index contributed by atoms with van der Waals surface area (Å²) in [6.45, 7) is 2.14. The van der Waals surface area contributed by atoms with E-state index in [0.29, 0.717) is 5.92 Å². The van der Waals surface area contributed by atoms with Gasteiger partial charge in [-0.25, -0.2) is 0 Å². The highest BCUT2D eigenvalue weighted by Crippen LogP contribution is 2.42. The van der Waals surface area contributed by atoms with Gasteiger partial charge in [0.1, 0.15) is 0 Å². The third kappa shape index (κ3) is 3.09. The Kier molecular flexibility index (Phi) is 3.87. The van der Waals surface area contributed by atoms with E-state index in [2.05, 4.69) is 41.1 Å². The van der Waals surface area contributed by atoms with E-state index in [9.17, 15) is 4.79 Å². The normalized spacial score (nSPS) is 22.5. The number of halogens is 1. The van der Waals surface area contributed by atoms with Crippen molar-refractivity contribution in [3.8, 4) is 0 Å². The minimum atomic E-state index is -0.627. The van der Waals surface area contributed by atoms with Gasteiger partial charge in [0, 0.05) is 4.47 Å². The molecule has 1 saturated carbocycles. The molecule has 0 saturated heterocycles. The van der Waals surface area contributed by atoms with Gasteiger partial charge in [-0.15, -0.1) is 0 Å². The third-order valence-corrected chi connectivity index (χ3v) is 4.28. The molecular formula is C14H17BrO2. The lowest BCUT2D eigenvalue weighted by Crippen LogP contribution is -2.00. The minimum absolute atomic E-state index is 0.0756. The van der Waals surface area contributed by atoms with E-state index in [1.165, 1.54) is 15.6 Å². The Morgan fingerprint density at radius 3 is 2.82 bits per heavy atom. The fourth-order valence-electron chi connectivity index (χ4n) is 2.25. The van der Waals surface area contributed by atoms with Crippen LogP contribution in [0.4, 0.5) is 0 Å². The van der Waals surface area contributed by atoms with Crippen LogP contribution in [-0.2, 0) is 17.6 Å². The summed E-state index contributed by atoms with van der Waals surface area (Å²) in [6, 6.07) is 6.47. The molecule has 0 spiro atoms. The van der Waals surface area contributed by atoms with Crippen molar-refractivity contribution >= 4 is 21.9 Å². The van der Waals surface area contributed by atoms with Gasteiger partial charge in [-0.05, 0) is 48.8 Å². The SMILES string of the molecule is CCc1ccc(CCC2CC2C(=O)O)cc1Br. The van der Waals surface area contributed by atoms with Crippen molar-refractivity contribution in [3.63, 3.8) is 0 Å². The second kappa shape index (κ2) is 5.21. The molecule has 0 radical (unpaired) electrons. The van der Waals surface area contributed by atoms with Gasteiger partial charge in [-0.1, -0.05) is 35.0 Å². The number of rotatable bonds is 5. The van der Waals surface area contributed by atoms with Crippen LogP contribution in [0.1, 0.15) is 30.9 Å². The van der Waals surface area contributed by atoms with Crippen LogP contribution in [0.25, 0.3) is 0 Å².